The molecule has 0 radical (unpaired) electrons. The summed E-state index contributed by atoms with van der Waals surface area (Å²) in [6.45, 7) is 2.71. The average molecular weight is 406 g/mol. The molecule has 1 aliphatic heterocycles. The molecule has 0 aromatic heterocycles. The topological polar surface area (TPSA) is 37.4 Å². The minimum atomic E-state index is -3.53. The number of sulfonamides is 1. The first-order valence-corrected chi connectivity index (χ1v) is 10.2. The second-order valence-electron chi connectivity index (χ2n) is 6.00. The molecule has 0 spiro atoms. The lowest BCUT2D eigenvalue weighted by Gasteiger charge is -2.22. The van der Waals surface area contributed by atoms with Crippen LogP contribution < -0.4 is 0 Å². The van der Waals surface area contributed by atoms with Gasteiger partial charge in [-0.2, -0.15) is 4.31 Å². The predicted octanol–water partition coefficient (Wildman–Crippen LogP) is 4.45. The number of hydrogen-bond donors (Lipinski definition) is 0. The van der Waals surface area contributed by atoms with Crippen LogP contribution in [0.25, 0.3) is 0 Å². The van der Waals surface area contributed by atoms with Gasteiger partial charge in [-0.25, -0.2) is 8.42 Å². The normalized spacial score (nSPS) is 17.4. The van der Waals surface area contributed by atoms with E-state index in [1.54, 1.807) is 16.4 Å². The smallest absolute Gasteiger partial charge is 0.207 e. The van der Waals surface area contributed by atoms with E-state index in [9.17, 15) is 8.42 Å². The number of fused-ring (bicyclic) bond motifs is 1. The maximum absolute atomic E-state index is 13.1. The molecule has 3 rings (SSSR count). The van der Waals surface area contributed by atoms with E-state index in [2.05, 4.69) is 28.1 Å². The van der Waals surface area contributed by atoms with Crippen molar-refractivity contribution in [1.29, 1.82) is 0 Å². The lowest BCUT2D eigenvalue weighted by atomic mass is 10.0. The van der Waals surface area contributed by atoms with E-state index in [-0.39, 0.29) is 0 Å². The Kier molecular flexibility index (Phi) is 5.23. The number of benzene rings is 2. The van der Waals surface area contributed by atoms with Crippen molar-refractivity contribution in [3.63, 3.8) is 0 Å². The maximum atomic E-state index is 13.1. The van der Waals surface area contributed by atoms with Crippen LogP contribution in [0.2, 0.25) is 0 Å². The monoisotopic (exact) mass is 405 g/mol. The molecule has 0 fully saturated rings. The number of allylic oxidation sites excluding steroid dienone is 1. The van der Waals surface area contributed by atoms with E-state index in [0.717, 1.165) is 28.4 Å². The molecule has 0 saturated heterocycles. The van der Waals surface area contributed by atoms with Crippen LogP contribution in [0.4, 0.5) is 0 Å². The zero-order valence-electron chi connectivity index (χ0n) is 13.6. The number of rotatable bonds is 2. The second kappa shape index (κ2) is 7.21. The predicted molar refractivity (Wildman–Crippen MR) is 100 cm³/mol. The molecule has 0 unspecified atom stereocenters. The van der Waals surface area contributed by atoms with Crippen molar-refractivity contribution >= 4 is 26.0 Å². The Morgan fingerprint density at radius 1 is 1.04 bits per heavy atom. The highest BCUT2D eigenvalue weighted by Gasteiger charge is 2.25. The zero-order chi connectivity index (χ0) is 17.2. The fourth-order valence-electron chi connectivity index (χ4n) is 2.85. The minimum Gasteiger partial charge on any atom is -0.207 e. The summed E-state index contributed by atoms with van der Waals surface area (Å²) < 4.78 is 28.7. The molecular weight excluding hydrogens is 386 g/mol. The molecule has 0 aliphatic carbocycles. The molecule has 0 bridgehead atoms. The van der Waals surface area contributed by atoms with Crippen LogP contribution in [-0.2, 0) is 23.0 Å². The minimum absolute atomic E-state index is 0.342. The molecule has 2 aromatic rings. The molecule has 1 heterocycles. The second-order valence-corrected chi connectivity index (χ2v) is 8.79. The third-order valence-corrected chi connectivity index (χ3v) is 6.83. The van der Waals surface area contributed by atoms with E-state index in [1.165, 1.54) is 5.56 Å². The van der Waals surface area contributed by atoms with E-state index in [4.69, 9.17) is 0 Å². The first kappa shape index (κ1) is 17.4. The van der Waals surface area contributed by atoms with Crippen LogP contribution in [0.15, 0.2) is 64.0 Å². The summed E-state index contributed by atoms with van der Waals surface area (Å²) in [5, 5.41) is 0. The Hall–Kier alpha value is -1.43. The summed E-state index contributed by atoms with van der Waals surface area (Å²) in [5.41, 5.74) is 3.29. The number of halogens is 1. The quantitative estimate of drug-likeness (QED) is 0.691. The molecule has 2 aromatic carbocycles. The van der Waals surface area contributed by atoms with E-state index < -0.39 is 10.0 Å². The molecule has 0 saturated carbocycles. The van der Waals surface area contributed by atoms with E-state index in [0.29, 0.717) is 18.0 Å². The van der Waals surface area contributed by atoms with Gasteiger partial charge in [0.15, 0.2) is 0 Å². The van der Waals surface area contributed by atoms with Crippen LogP contribution in [-0.4, -0.2) is 19.3 Å². The third-order valence-electron chi connectivity index (χ3n) is 4.27. The van der Waals surface area contributed by atoms with Crippen molar-refractivity contribution in [3.8, 4) is 0 Å². The van der Waals surface area contributed by atoms with Gasteiger partial charge < -0.3 is 0 Å². The van der Waals surface area contributed by atoms with Crippen molar-refractivity contribution in [2.45, 2.75) is 31.2 Å². The van der Waals surface area contributed by atoms with Gasteiger partial charge in [-0.15, -0.1) is 0 Å². The summed E-state index contributed by atoms with van der Waals surface area (Å²) in [7, 11) is -3.53. The molecular formula is C19H20BrNO2S. The van der Waals surface area contributed by atoms with Crippen molar-refractivity contribution < 1.29 is 8.42 Å². The van der Waals surface area contributed by atoms with Crippen molar-refractivity contribution in [2.24, 2.45) is 0 Å². The van der Waals surface area contributed by atoms with Crippen molar-refractivity contribution in [3.05, 3.63) is 75.8 Å². The van der Waals surface area contributed by atoms with Crippen molar-refractivity contribution in [1.82, 2.24) is 4.31 Å². The fraction of sp³-hybridized carbons (Fsp3) is 0.263. The highest BCUT2D eigenvalue weighted by Crippen LogP contribution is 2.27. The van der Waals surface area contributed by atoms with E-state index in [1.807, 2.05) is 37.3 Å². The van der Waals surface area contributed by atoms with Gasteiger partial charge in [-0.3, -0.25) is 0 Å². The first-order valence-electron chi connectivity index (χ1n) is 7.96. The number of hydrogen-bond acceptors (Lipinski definition) is 2. The van der Waals surface area contributed by atoms with Gasteiger partial charge in [-0.05, 0) is 49.1 Å². The van der Waals surface area contributed by atoms with Crippen LogP contribution in [0.1, 0.15) is 23.1 Å². The van der Waals surface area contributed by atoms with Gasteiger partial charge in [0, 0.05) is 17.6 Å². The summed E-state index contributed by atoms with van der Waals surface area (Å²) in [4.78, 5) is 0.342. The van der Waals surface area contributed by atoms with Crippen LogP contribution >= 0.6 is 15.9 Å². The third kappa shape index (κ3) is 3.63. The SMILES string of the molecule is Cc1ccc(S(=O)(=O)N2C/C=C\CCc3cccc(Br)c3C2)cc1. The molecule has 0 amide bonds. The van der Waals surface area contributed by atoms with Crippen molar-refractivity contribution in [2.75, 3.05) is 6.54 Å². The Morgan fingerprint density at radius 3 is 2.54 bits per heavy atom. The molecule has 1 aliphatic rings. The summed E-state index contributed by atoms with van der Waals surface area (Å²) in [6.07, 6.45) is 5.85. The van der Waals surface area contributed by atoms with Gasteiger partial charge in [0.05, 0.1) is 4.90 Å². The molecule has 0 atom stereocenters. The number of aryl methyl sites for hydroxylation is 2. The molecule has 3 nitrogen and oxygen atoms in total. The van der Waals surface area contributed by atoms with Gasteiger partial charge in [0.1, 0.15) is 0 Å². The molecule has 5 heteroatoms. The Balaban J connectivity index is 2.02. The number of nitrogens with zero attached hydrogens (tertiary/aromatic N) is 1. The highest BCUT2D eigenvalue weighted by molar-refractivity contribution is 9.10. The van der Waals surface area contributed by atoms with E-state index >= 15 is 0 Å². The molecule has 0 N–H and O–H groups in total. The van der Waals surface area contributed by atoms with Gasteiger partial charge in [0.25, 0.3) is 0 Å². The zero-order valence-corrected chi connectivity index (χ0v) is 16.0. The molecule has 126 valence electrons. The summed E-state index contributed by atoms with van der Waals surface area (Å²) >= 11 is 3.59. The summed E-state index contributed by atoms with van der Waals surface area (Å²) in [5.74, 6) is 0. The largest absolute Gasteiger partial charge is 0.243 e. The van der Waals surface area contributed by atoms with Crippen LogP contribution in [0.3, 0.4) is 0 Å². The maximum Gasteiger partial charge on any atom is 0.243 e. The highest BCUT2D eigenvalue weighted by atomic mass is 79.9. The standard InChI is InChI=1S/C19H20BrNO2S/c1-15-9-11-17(12-10-15)24(22,23)21-13-4-2-3-6-16-7-5-8-19(20)18(16)14-21/h2,4-5,7-12H,3,6,13-14H2,1H3/b4-2-. The van der Waals surface area contributed by atoms with Gasteiger partial charge >= 0.3 is 0 Å². The fourth-order valence-corrected chi connectivity index (χ4v) is 4.74. The summed E-state index contributed by atoms with van der Waals surface area (Å²) in [6, 6.07) is 13.1. The average Bonchev–Trinajstić information content (AvgIpc) is 2.66. The Morgan fingerprint density at radius 2 is 1.79 bits per heavy atom. The van der Waals surface area contributed by atoms with Gasteiger partial charge in [-0.1, -0.05) is 57.9 Å². The Labute approximate surface area is 152 Å². The lowest BCUT2D eigenvalue weighted by Crippen LogP contribution is -2.31. The van der Waals surface area contributed by atoms with Crippen LogP contribution in [0.5, 0.6) is 0 Å². The van der Waals surface area contributed by atoms with Crippen LogP contribution in [0, 0.1) is 6.92 Å². The Bertz CT molecular complexity index is 857. The first-order chi connectivity index (χ1) is 11.5. The van der Waals surface area contributed by atoms with Gasteiger partial charge in [0.2, 0.25) is 10.0 Å². The molecule has 24 heavy (non-hydrogen) atoms. The lowest BCUT2D eigenvalue weighted by molar-refractivity contribution is 0.437.